The predicted molar refractivity (Wildman–Crippen MR) is 93.2 cm³/mol. The van der Waals surface area contributed by atoms with Crippen molar-refractivity contribution in [3.8, 4) is 0 Å². The summed E-state index contributed by atoms with van der Waals surface area (Å²) in [6, 6.07) is 9.82. The fourth-order valence-electron chi connectivity index (χ4n) is 3.73. The summed E-state index contributed by atoms with van der Waals surface area (Å²) in [6.07, 6.45) is 2.45. The summed E-state index contributed by atoms with van der Waals surface area (Å²) in [4.78, 5) is 17.1. The molecule has 4 rings (SSSR count). The van der Waals surface area contributed by atoms with Crippen LogP contribution in [0.4, 0.5) is 5.69 Å². The van der Waals surface area contributed by atoms with Gasteiger partial charge in [-0.3, -0.25) is 9.69 Å². The zero-order valence-corrected chi connectivity index (χ0v) is 14.4. The van der Waals surface area contributed by atoms with Crippen molar-refractivity contribution >= 4 is 11.6 Å². The van der Waals surface area contributed by atoms with Crippen LogP contribution in [-0.2, 0) is 16.1 Å². The van der Waals surface area contributed by atoms with Gasteiger partial charge in [-0.1, -0.05) is 18.2 Å². The molecule has 2 saturated heterocycles. The van der Waals surface area contributed by atoms with Gasteiger partial charge in [-0.25, -0.2) is 0 Å². The highest BCUT2D eigenvalue weighted by Gasteiger charge is 2.39. The number of carbonyl (C=O) groups is 1. The first-order valence-corrected chi connectivity index (χ1v) is 8.87. The van der Waals surface area contributed by atoms with Crippen LogP contribution in [0.1, 0.15) is 25.3 Å². The fraction of sp³-hybridized carbons (Fsp3) is 0.500. The lowest BCUT2D eigenvalue weighted by Gasteiger charge is -2.35. The van der Waals surface area contributed by atoms with Crippen molar-refractivity contribution in [3.63, 3.8) is 0 Å². The van der Waals surface area contributed by atoms with E-state index in [1.54, 1.807) is 6.33 Å². The molecule has 132 valence electrons. The fourth-order valence-corrected chi connectivity index (χ4v) is 3.73. The van der Waals surface area contributed by atoms with Gasteiger partial charge in [0.1, 0.15) is 12.4 Å². The van der Waals surface area contributed by atoms with E-state index in [-0.39, 0.29) is 18.1 Å². The van der Waals surface area contributed by atoms with Crippen LogP contribution >= 0.6 is 0 Å². The molecule has 2 aliphatic rings. The van der Waals surface area contributed by atoms with Crippen LogP contribution in [0.5, 0.6) is 0 Å². The number of nitrogens with zero attached hydrogens (tertiary/aromatic N) is 5. The number of hydrogen-bond donors (Lipinski definition) is 0. The number of hydrogen-bond acceptors (Lipinski definition) is 5. The standard InChI is InChI=1S/C18H23N5O2/c1-2-21-13-19-20-17(21)16-12-22(10-11-25-16)15-8-9-23(18(15)24)14-6-4-3-5-7-14/h3-7,13,15-16H,2,8-12H2,1H3/t15-,16-/m0/s1. The number of benzene rings is 1. The average Bonchev–Trinajstić information content (AvgIpc) is 3.29. The van der Waals surface area contributed by atoms with E-state index < -0.39 is 0 Å². The van der Waals surface area contributed by atoms with Crippen LogP contribution in [0.3, 0.4) is 0 Å². The minimum Gasteiger partial charge on any atom is -0.368 e. The summed E-state index contributed by atoms with van der Waals surface area (Å²) >= 11 is 0. The van der Waals surface area contributed by atoms with Crippen molar-refractivity contribution < 1.29 is 9.53 Å². The Balaban J connectivity index is 1.48. The van der Waals surface area contributed by atoms with E-state index in [4.69, 9.17) is 4.74 Å². The summed E-state index contributed by atoms with van der Waals surface area (Å²) in [7, 11) is 0. The lowest BCUT2D eigenvalue weighted by molar-refractivity contribution is -0.125. The van der Waals surface area contributed by atoms with E-state index in [0.717, 1.165) is 37.6 Å². The molecule has 2 atom stereocenters. The van der Waals surface area contributed by atoms with E-state index in [0.29, 0.717) is 13.2 Å². The molecule has 0 spiro atoms. The summed E-state index contributed by atoms with van der Waals surface area (Å²) in [5.41, 5.74) is 0.977. The average molecular weight is 341 g/mol. The lowest BCUT2D eigenvalue weighted by Crippen LogP contribution is -2.48. The van der Waals surface area contributed by atoms with Gasteiger partial charge in [0.25, 0.3) is 0 Å². The quantitative estimate of drug-likeness (QED) is 0.843. The molecule has 0 aliphatic carbocycles. The molecule has 1 aromatic heterocycles. The molecule has 1 amide bonds. The summed E-state index contributed by atoms with van der Waals surface area (Å²) in [5.74, 6) is 1.03. The Kier molecular flexibility index (Phi) is 4.50. The SMILES string of the molecule is CCn1cnnc1[C@@H]1CN([C@H]2CCN(c3ccccc3)C2=O)CCO1. The number of carbonyl (C=O) groups excluding carboxylic acids is 1. The Morgan fingerprint density at radius 2 is 2.08 bits per heavy atom. The molecule has 7 nitrogen and oxygen atoms in total. The third-order valence-corrected chi connectivity index (χ3v) is 5.06. The molecule has 0 N–H and O–H groups in total. The Labute approximate surface area is 147 Å². The third-order valence-electron chi connectivity index (χ3n) is 5.06. The van der Waals surface area contributed by atoms with E-state index in [2.05, 4.69) is 22.0 Å². The Bertz CT molecular complexity index is 732. The van der Waals surface area contributed by atoms with Crippen molar-refractivity contribution in [3.05, 3.63) is 42.5 Å². The number of anilines is 1. The molecule has 1 aromatic carbocycles. The summed E-state index contributed by atoms with van der Waals surface area (Å²) in [6.45, 7) is 5.70. The van der Waals surface area contributed by atoms with Crippen molar-refractivity contribution in [1.82, 2.24) is 19.7 Å². The van der Waals surface area contributed by atoms with Gasteiger partial charge in [-0.05, 0) is 25.5 Å². The largest absolute Gasteiger partial charge is 0.368 e. The number of aryl methyl sites for hydroxylation is 1. The van der Waals surface area contributed by atoms with Gasteiger partial charge in [-0.15, -0.1) is 10.2 Å². The van der Waals surface area contributed by atoms with Gasteiger partial charge in [-0.2, -0.15) is 0 Å². The molecule has 0 radical (unpaired) electrons. The molecule has 0 saturated carbocycles. The zero-order valence-electron chi connectivity index (χ0n) is 14.4. The Morgan fingerprint density at radius 1 is 1.24 bits per heavy atom. The van der Waals surface area contributed by atoms with E-state index in [1.807, 2.05) is 39.8 Å². The lowest BCUT2D eigenvalue weighted by atomic mass is 10.1. The second-order valence-electron chi connectivity index (χ2n) is 6.46. The van der Waals surface area contributed by atoms with Crippen molar-refractivity contribution in [1.29, 1.82) is 0 Å². The molecule has 2 fully saturated rings. The first-order chi connectivity index (χ1) is 12.3. The normalized spacial score (nSPS) is 24.8. The smallest absolute Gasteiger partial charge is 0.244 e. The second-order valence-corrected chi connectivity index (χ2v) is 6.46. The van der Waals surface area contributed by atoms with Crippen molar-refractivity contribution in [2.24, 2.45) is 0 Å². The maximum absolute atomic E-state index is 12.9. The Hall–Kier alpha value is -2.25. The van der Waals surface area contributed by atoms with E-state index >= 15 is 0 Å². The third kappa shape index (κ3) is 3.05. The van der Waals surface area contributed by atoms with Gasteiger partial charge in [0.2, 0.25) is 5.91 Å². The topological polar surface area (TPSA) is 63.5 Å². The highest BCUT2D eigenvalue weighted by Crippen LogP contribution is 2.28. The Morgan fingerprint density at radius 3 is 2.88 bits per heavy atom. The number of para-hydroxylation sites is 1. The van der Waals surface area contributed by atoms with Crippen LogP contribution in [0.2, 0.25) is 0 Å². The molecule has 0 unspecified atom stereocenters. The van der Waals surface area contributed by atoms with Crippen LogP contribution in [0, 0.1) is 0 Å². The first kappa shape index (κ1) is 16.2. The minimum absolute atomic E-state index is 0.0791. The maximum Gasteiger partial charge on any atom is 0.244 e. The molecule has 2 aromatic rings. The number of aromatic nitrogens is 3. The monoisotopic (exact) mass is 341 g/mol. The number of morpholine rings is 1. The summed E-state index contributed by atoms with van der Waals surface area (Å²) in [5, 5.41) is 8.22. The van der Waals surface area contributed by atoms with Crippen LogP contribution in [-0.4, -0.2) is 57.9 Å². The van der Waals surface area contributed by atoms with E-state index in [9.17, 15) is 4.79 Å². The number of rotatable bonds is 4. The molecule has 3 heterocycles. The second kappa shape index (κ2) is 6.93. The molecular formula is C18H23N5O2. The highest BCUT2D eigenvalue weighted by molar-refractivity contribution is 5.99. The molecule has 7 heteroatoms. The van der Waals surface area contributed by atoms with E-state index in [1.165, 1.54) is 0 Å². The van der Waals surface area contributed by atoms with Gasteiger partial charge < -0.3 is 14.2 Å². The van der Waals surface area contributed by atoms with Crippen LogP contribution in [0.25, 0.3) is 0 Å². The van der Waals surface area contributed by atoms with Gasteiger partial charge in [0, 0.05) is 31.9 Å². The van der Waals surface area contributed by atoms with Crippen LogP contribution < -0.4 is 4.90 Å². The van der Waals surface area contributed by atoms with Gasteiger partial charge >= 0.3 is 0 Å². The van der Waals surface area contributed by atoms with Gasteiger partial charge in [0.05, 0.1) is 12.6 Å². The minimum atomic E-state index is -0.130. The predicted octanol–water partition coefficient (Wildman–Crippen LogP) is 1.48. The molecular weight excluding hydrogens is 318 g/mol. The molecule has 0 bridgehead atoms. The zero-order chi connectivity index (χ0) is 17.2. The molecule has 2 aliphatic heterocycles. The number of amides is 1. The molecule has 25 heavy (non-hydrogen) atoms. The first-order valence-electron chi connectivity index (χ1n) is 8.87. The van der Waals surface area contributed by atoms with Gasteiger partial charge in [0.15, 0.2) is 5.82 Å². The summed E-state index contributed by atoms with van der Waals surface area (Å²) < 4.78 is 7.91. The van der Waals surface area contributed by atoms with Crippen LogP contribution in [0.15, 0.2) is 36.7 Å². The number of ether oxygens (including phenoxy) is 1. The highest BCUT2D eigenvalue weighted by atomic mass is 16.5. The van der Waals surface area contributed by atoms with Crippen molar-refractivity contribution in [2.75, 3.05) is 31.1 Å². The maximum atomic E-state index is 12.9. The van der Waals surface area contributed by atoms with Crippen molar-refractivity contribution in [2.45, 2.75) is 32.0 Å².